The van der Waals surface area contributed by atoms with Gasteiger partial charge in [0.25, 0.3) is 17.7 Å². The van der Waals surface area contributed by atoms with Crippen molar-refractivity contribution in [1.82, 2.24) is 10.6 Å². The van der Waals surface area contributed by atoms with Gasteiger partial charge >= 0.3 is 0 Å². The van der Waals surface area contributed by atoms with Crippen LogP contribution >= 0.6 is 113 Å². The molecular formula is C32H39I5N6O14. The third kappa shape index (κ3) is 12.8. The van der Waals surface area contributed by atoms with E-state index < -0.39 is 119 Å². The van der Waals surface area contributed by atoms with Gasteiger partial charge < -0.3 is 72.8 Å². The van der Waals surface area contributed by atoms with Gasteiger partial charge in [0.05, 0.1) is 108 Å². The zero-order valence-electron chi connectivity index (χ0n) is 29.6. The van der Waals surface area contributed by atoms with Crippen LogP contribution in [0.1, 0.15) is 53.4 Å². The second kappa shape index (κ2) is 23.6. The third-order valence-electron chi connectivity index (χ3n) is 7.91. The van der Waals surface area contributed by atoms with E-state index >= 15 is 0 Å². The summed E-state index contributed by atoms with van der Waals surface area (Å²) < 4.78 is 0.135. The Morgan fingerprint density at radius 2 is 0.877 bits per heavy atom. The summed E-state index contributed by atoms with van der Waals surface area (Å²) in [6.45, 7) is -3.96. The van der Waals surface area contributed by atoms with Crippen molar-refractivity contribution in [2.45, 2.75) is 37.8 Å². The van der Waals surface area contributed by atoms with Crippen molar-refractivity contribution in [1.29, 1.82) is 0 Å². The molecule has 0 aliphatic carbocycles. The maximum absolute atomic E-state index is 14.4. The lowest BCUT2D eigenvalue weighted by Crippen LogP contribution is -2.46. The minimum Gasteiger partial charge on any atom is -0.394 e. The van der Waals surface area contributed by atoms with Crippen molar-refractivity contribution in [3.05, 3.63) is 45.7 Å². The molecule has 14 N–H and O–H groups in total. The number of aliphatic hydroxyl groups is 8. The van der Waals surface area contributed by atoms with Gasteiger partial charge in [-0.05, 0) is 125 Å². The highest BCUT2D eigenvalue weighted by molar-refractivity contribution is 14.1. The first-order chi connectivity index (χ1) is 26.6. The van der Waals surface area contributed by atoms with Crippen LogP contribution in [-0.2, 0) is 9.59 Å². The van der Waals surface area contributed by atoms with Crippen molar-refractivity contribution >= 4 is 160 Å². The van der Waals surface area contributed by atoms with Crippen molar-refractivity contribution in [2.24, 2.45) is 11.5 Å². The number of halogens is 5. The van der Waals surface area contributed by atoms with Gasteiger partial charge in [-0.3, -0.25) is 28.8 Å². The Hall–Kier alpha value is -1.41. The van der Waals surface area contributed by atoms with Gasteiger partial charge in [0.2, 0.25) is 17.7 Å². The van der Waals surface area contributed by atoms with E-state index in [1.165, 1.54) is 6.92 Å². The number of carbonyl (C=O) groups is 6. The van der Waals surface area contributed by atoms with E-state index in [-0.39, 0.29) is 57.0 Å². The topological polar surface area (TPSA) is 347 Å². The molecule has 0 fully saturated rings. The minimum atomic E-state index is -1.64. The van der Waals surface area contributed by atoms with Crippen LogP contribution < -0.4 is 31.9 Å². The van der Waals surface area contributed by atoms with Crippen molar-refractivity contribution in [3.8, 4) is 0 Å². The van der Waals surface area contributed by atoms with E-state index in [4.69, 9.17) is 11.5 Å². The molecule has 25 heteroatoms. The van der Waals surface area contributed by atoms with E-state index in [0.29, 0.717) is 0 Å². The fourth-order valence-corrected chi connectivity index (χ4v) is 12.8. The van der Waals surface area contributed by atoms with Crippen LogP contribution in [0.3, 0.4) is 0 Å². The summed E-state index contributed by atoms with van der Waals surface area (Å²) in [6.07, 6.45) is -7.06. The summed E-state index contributed by atoms with van der Waals surface area (Å²) in [6, 6.07) is 0. The second-order valence-electron chi connectivity index (χ2n) is 12.1. The maximum Gasteiger partial charge on any atom is 0.253 e. The van der Waals surface area contributed by atoms with Crippen LogP contribution in [0.5, 0.6) is 0 Å². The summed E-state index contributed by atoms with van der Waals surface area (Å²) in [5.74, 6) is -5.93. The SMILES string of the molecule is Cc1c(C(N)=O)c(I)c(C(=O)NCC(O)CO)c(I)c1N(CC(O)CO)C(=O)CC(=O)N(CC(O)CO)c1c(I)c(C(N)=O)c(I)c(C(=O)NCC(O)CO)c1I. The fraction of sp³-hybridized carbons (Fsp3) is 0.438. The number of hydrogen-bond donors (Lipinski definition) is 12. The average molecular weight is 1370 g/mol. The van der Waals surface area contributed by atoms with Crippen LogP contribution in [0.15, 0.2) is 0 Å². The van der Waals surface area contributed by atoms with E-state index in [2.05, 4.69) is 10.6 Å². The van der Waals surface area contributed by atoms with Crippen LogP contribution in [0.2, 0.25) is 0 Å². The molecule has 0 aliphatic rings. The summed E-state index contributed by atoms with van der Waals surface area (Å²) in [7, 11) is 0. The Bertz CT molecular complexity index is 1760. The number of aliphatic hydroxyl groups excluding tert-OH is 8. The number of primary amides is 2. The van der Waals surface area contributed by atoms with E-state index in [1.54, 1.807) is 113 Å². The minimum absolute atomic E-state index is 0.00967. The van der Waals surface area contributed by atoms with Gasteiger partial charge in [-0.1, -0.05) is 0 Å². The molecule has 0 heterocycles. The molecule has 0 aromatic heterocycles. The maximum atomic E-state index is 14.4. The summed E-state index contributed by atoms with van der Waals surface area (Å²) in [4.78, 5) is 82.8. The Balaban J connectivity index is 2.90. The molecule has 2 rings (SSSR count). The molecule has 0 bridgehead atoms. The lowest BCUT2D eigenvalue weighted by Gasteiger charge is -2.32. The van der Waals surface area contributed by atoms with Crippen LogP contribution in [0.4, 0.5) is 11.4 Å². The number of nitrogens with one attached hydrogen (secondary N) is 2. The molecule has 4 atom stereocenters. The van der Waals surface area contributed by atoms with Crippen LogP contribution in [-0.4, -0.2) is 153 Å². The summed E-state index contributed by atoms with van der Waals surface area (Å²) in [5.41, 5.74) is 10.3. The molecule has 2 aromatic rings. The van der Waals surface area contributed by atoms with Gasteiger partial charge in [-0.15, -0.1) is 0 Å². The lowest BCUT2D eigenvalue weighted by atomic mass is 9.99. The van der Waals surface area contributed by atoms with E-state index in [9.17, 15) is 69.6 Å². The standard InChI is InChI=1S/C32H39I5N6O14/c1-11-18(29(38)54)22(33)20(31(56)40-3-12(48)7-44)25(36)27(11)42(5-14(50)9-46)16(52)2-17(53)43(6-15(51)10-47)28-24(35)19(30(39)55)23(34)21(26(28)37)32(57)41-4-13(49)8-45/h12-15,44-51H,2-10H2,1H3,(H2,38,54)(H2,39,55)(H,40,56)(H,41,57). The molecule has 0 spiro atoms. The number of hydrogen-bond acceptors (Lipinski definition) is 14. The number of anilines is 2. The zero-order chi connectivity index (χ0) is 43.6. The number of nitrogens with zero attached hydrogens (tertiary/aromatic N) is 2. The molecule has 6 amide bonds. The number of amides is 6. The fourth-order valence-electron chi connectivity index (χ4n) is 5.12. The monoisotopic (exact) mass is 1370 g/mol. The van der Waals surface area contributed by atoms with Crippen LogP contribution in [0, 0.1) is 24.8 Å². The number of carbonyl (C=O) groups excluding carboxylic acids is 6. The van der Waals surface area contributed by atoms with Crippen molar-refractivity contribution in [2.75, 3.05) is 62.4 Å². The second-order valence-corrected chi connectivity index (χ2v) is 17.5. The molecule has 0 aliphatic heterocycles. The summed E-state index contributed by atoms with van der Waals surface area (Å²) >= 11 is 8.49. The van der Waals surface area contributed by atoms with Gasteiger partial charge in [-0.25, -0.2) is 0 Å². The Labute approximate surface area is 393 Å². The van der Waals surface area contributed by atoms with Gasteiger partial charge in [0, 0.05) is 20.2 Å². The normalized spacial score (nSPS) is 13.3. The van der Waals surface area contributed by atoms with Crippen molar-refractivity contribution in [3.63, 3.8) is 0 Å². The van der Waals surface area contributed by atoms with Crippen molar-refractivity contribution < 1.29 is 69.6 Å². The molecular weight excluding hydrogens is 1330 g/mol. The number of rotatable bonds is 20. The Morgan fingerprint density at radius 3 is 1.25 bits per heavy atom. The molecule has 0 radical (unpaired) electrons. The highest BCUT2D eigenvalue weighted by Crippen LogP contribution is 2.40. The number of nitrogens with two attached hydrogens (primary N) is 2. The van der Waals surface area contributed by atoms with Gasteiger partial charge in [0.1, 0.15) is 6.42 Å². The molecule has 0 saturated heterocycles. The zero-order valence-corrected chi connectivity index (χ0v) is 40.4. The highest BCUT2D eigenvalue weighted by atomic mass is 127. The van der Waals surface area contributed by atoms with Crippen LogP contribution in [0.25, 0.3) is 0 Å². The highest BCUT2D eigenvalue weighted by Gasteiger charge is 2.36. The largest absolute Gasteiger partial charge is 0.394 e. The molecule has 57 heavy (non-hydrogen) atoms. The summed E-state index contributed by atoms with van der Waals surface area (Å²) in [5, 5.41) is 83.6. The molecule has 316 valence electrons. The molecule has 20 nitrogen and oxygen atoms in total. The Kier molecular flexibility index (Phi) is 21.4. The smallest absolute Gasteiger partial charge is 0.253 e. The van der Waals surface area contributed by atoms with Gasteiger partial charge in [-0.2, -0.15) is 0 Å². The Morgan fingerprint density at radius 1 is 0.544 bits per heavy atom. The lowest BCUT2D eigenvalue weighted by molar-refractivity contribution is -0.127. The first-order valence-corrected chi connectivity index (χ1v) is 21.6. The predicted molar refractivity (Wildman–Crippen MR) is 245 cm³/mol. The first kappa shape index (κ1) is 51.7. The molecule has 0 saturated carbocycles. The molecule has 2 aromatic carbocycles. The third-order valence-corrected chi connectivity index (χ3v) is 13.2. The number of benzene rings is 2. The van der Waals surface area contributed by atoms with E-state index in [1.807, 2.05) is 0 Å². The predicted octanol–water partition coefficient (Wildman–Crippen LogP) is -2.16. The average Bonchev–Trinajstić information content (AvgIpc) is 3.14. The van der Waals surface area contributed by atoms with E-state index in [0.717, 1.165) is 9.80 Å². The quantitative estimate of drug-likeness (QED) is 0.0497. The first-order valence-electron chi connectivity index (χ1n) is 16.3. The molecule has 4 unspecified atom stereocenters. The van der Waals surface area contributed by atoms with Gasteiger partial charge in [0.15, 0.2) is 0 Å².